The van der Waals surface area contributed by atoms with E-state index in [0.717, 1.165) is 12.1 Å². The predicted octanol–water partition coefficient (Wildman–Crippen LogP) is 2.63. The number of amides is 1. The number of hydrogen-bond acceptors (Lipinski definition) is 4. The maximum Gasteiger partial charge on any atom is 0.573 e. The van der Waals surface area contributed by atoms with Gasteiger partial charge in [-0.3, -0.25) is 9.69 Å². The lowest BCUT2D eigenvalue weighted by Crippen LogP contribution is -2.48. The van der Waals surface area contributed by atoms with Crippen LogP contribution in [0.2, 0.25) is 0 Å². The summed E-state index contributed by atoms with van der Waals surface area (Å²) in [5.41, 5.74) is 0.416. The molecular weight excluding hydrogens is 313 g/mol. The smallest absolute Gasteiger partial charge is 0.406 e. The van der Waals surface area contributed by atoms with E-state index in [1.54, 1.807) is 0 Å². The first-order valence-corrected chi connectivity index (χ1v) is 7.25. The molecule has 1 aliphatic heterocycles. The zero-order valence-corrected chi connectivity index (χ0v) is 12.9. The van der Waals surface area contributed by atoms with Gasteiger partial charge in [-0.25, -0.2) is 0 Å². The van der Waals surface area contributed by atoms with E-state index in [0.29, 0.717) is 18.8 Å². The van der Waals surface area contributed by atoms with Crippen LogP contribution < -0.4 is 10.1 Å². The molecular formula is C15H19F3N2O3. The standard InChI is InChI=1S/C15H19F3N2O3/c1-10-7-20(8-11(2)22-10)9-14(21)19-12-3-5-13(6-4-12)23-15(16,17)18/h3-6,10-11H,7-9H2,1-2H3,(H,19,21). The van der Waals surface area contributed by atoms with Crippen LogP contribution in [-0.4, -0.2) is 49.0 Å². The van der Waals surface area contributed by atoms with Crippen LogP contribution in [0.4, 0.5) is 18.9 Å². The molecule has 0 saturated carbocycles. The highest BCUT2D eigenvalue weighted by molar-refractivity contribution is 5.92. The average Bonchev–Trinajstić information content (AvgIpc) is 2.38. The molecule has 2 unspecified atom stereocenters. The number of rotatable bonds is 4. The van der Waals surface area contributed by atoms with Crippen LogP contribution in [0, 0.1) is 0 Å². The van der Waals surface area contributed by atoms with Crippen LogP contribution in [0.3, 0.4) is 0 Å². The highest BCUT2D eigenvalue weighted by atomic mass is 19.4. The largest absolute Gasteiger partial charge is 0.573 e. The molecule has 1 amide bonds. The first-order chi connectivity index (χ1) is 10.7. The van der Waals surface area contributed by atoms with Crippen molar-refractivity contribution in [1.29, 1.82) is 0 Å². The van der Waals surface area contributed by atoms with Crippen LogP contribution in [0.5, 0.6) is 5.75 Å². The van der Waals surface area contributed by atoms with Crippen molar-refractivity contribution in [3.8, 4) is 5.75 Å². The molecule has 1 aliphatic rings. The second-order valence-electron chi connectivity index (χ2n) is 5.57. The van der Waals surface area contributed by atoms with E-state index >= 15 is 0 Å². The molecule has 8 heteroatoms. The van der Waals surface area contributed by atoms with Crippen LogP contribution in [0.25, 0.3) is 0 Å². The van der Waals surface area contributed by atoms with Gasteiger partial charge in [0.1, 0.15) is 5.75 Å². The molecule has 0 radical (unpaired) electrons. The number of alkyl halides is 3. The lowest BCUT2D eigenvalue weighted by Gasteiger charge is -2.34. The van der Waals surface area contributed by atoms with Crippen molar-refractivity contribution >= 4 is 11.6 Å². The van der Waals surface area contributed by atoms with Gasteiger partial charge in [-0.2, -0.15) is 0 Å². The van der Waals surface area contributed by atoms with Gasteiger partial charge in [0.25, 0.3) is 0 Å². The van der Waals surface area contributed by atoms with Gasteiger partial charge in [0.15, 0.2) is 0 Å². The van der Waals surface area contributed by atoms with Gasteiger partial charge >= 0.3 is 6.36 Å². The second kappa shape index (κ2) is 7.18. The van der Waals surface area contributed by atoms with E-state index in [1.165, 1.54) is 12.1 Å². The Hall–Kier alpha value is -1.80. The highest BCUT2D eigenvalue weighted by Gasteiger charge is 2.31. The van der Waals surface area contributed by atoms with Crippen LogP contribution in [0.15, 0.2) is 24.3 Å². The maximum atomic E-state index is 12.1. The fourth-order valence-corrected chi connectivity index (χ4v) is 2.56. The number of ether oxygens (including phenoxy) is 2. The molecule has 128 valence electrons. The van der Waals surface area contributed by atoms with E-state index < -0.39 is 6.36 Å². The molecule has 0 aromatic heterocycles. The highest BCUT2D eigenvalue weighted by Crippen LogP contribution is 2.24. The number of halogens is 3. The molecule has 1 fully saturated rings. The number of anilines is 1. The average molecular weight is 332 g/mol. The van der Waals surface area contributed by atoms with Gasteiger partial charge in [-0.1, -0.05) is 0 Å². The number of nitrogens with one attached hydrogen (secondary N) is 1. The minimum Gasteiger partial charge on any atom is -0.406 e. The van der Waals surface area contributed by atoms with Crippen molar-refractivity contribution < 1.29 is 27.4 Å². The van der Waals surface area contributed by atoms with Gasteiger partial charge in [-0.05, 0) is 38.1 Å². The Morgan fingerprint density at radius 2 is 1.83 bits per heavy atom. The summed E-state index contributed by atoms with van der Waals surface area (Å²) in [6.07, 6.45) is -4.61. The van der Waals surface area contributed by atoms with E-state index in [2.05, 4.69) is 10.1 Å². The maximum absolute atomic E-state index is 12.1. The molecule has 0 aliphatic carbocycles. The summed E-state index contributed by atoms with van der Waals surface area (Å²) in [5.74, 6) is -0.554. The van der Waals surface area contributed by atoms with Gasteiger partial charge in [-0.15, -0.1) is 13.2 Å². The molecule has 23 heavy (non-hydrogen) atoms. The van der Waals surface area contributed by atoms with Gasteiger partial charge in [0, 0.05) is 18.8 Å². The van der Waals surface area contributed by atoms with Crippen LogP contribution in [0.1, 0.15) is 13.8 Å². The quantitative estimate of drug-likeness (QED) is 0.921. The lowest BCUT2D eigenvalue weighted by molar-refractivity contribution is -0.274. The molecule has 1 N–H and O–H groups in total. The number of nitrogens with zero attached hydrogens (tertiary/aromatic N) is 1. The molecule has 1 aromatic rings. The third-order valence-electron chi connectivity index (χ3n) is 3.23. The van der Waals surface area contributed by atoms with Crippen molar-refractivity contribution in [2.45, 2.75) is 32.4 Å². The third-order valence-corrected chi connectivity index (χ3v) is 3.23. The van der Waals surface area contributed by atoms with Crippen LogP contribution in [-0.2, 0) is 9.53 Å². The van der Waals surface area contributed by atoms with E-state index in [1.807, 2.05) is 18.7 Å². The summed E-state index contributed by atoms with van der Waals surface area (Å²) in [6.45, 7) is 5.42. The van der Waals surface area contributed by atoms with Crippen molar-refractivity contribution in [3.05, 3.63) is 24.3 Å². The topological polar surface area (TPSA) is 50.8 Å². The number of morpholine rings is 1. The summed E-state index contributed by atoms with van der Waals surface area (Å²) in [7, 11) is 0. The number of benzene rings is 1. The Labute approximate surface area is 132 Å². The monoisotopic (exact) mass is 332 g/mol. The number of hydrogen-bond donors (Lipinski definition) is 1. The molecule has 1 heterocycles. The van der Waals surface area contributed by atoms with Crippen molar-refractivity contribution in [2.75, 3.05) is 25.0 Å². The van der Waals surface area contributed by atoms with E-state index in [9.17, 15) is 18.0 Å². The first-order valence-electron chi connectivity index (χ1n) is 7.25. The molecule has 5 nitrogen and oxygen atoms in total. The summed E-state index contributed by atoms with van der Waals surface area (Å²) in [5, 5.41) is 2.65. The summed E-state index contributed by atoms with van der Waals surface area (Å²) < 4.78 is 45.6. The second-order valence-corrected chi connectivity index (χ2v) is 5.57. The van der Waals surface area contributed by atoms with Crippen LogP contribution >= 0.6 is 0 Å². The van der Waals surface area contributed by atoms with Crippen molar-refractivity contribution in [1.82, 2.24) is 4.90 Å². The lowest BCUT2D eigenvalue weighted by atomic mass is 10.2. The Morgan fingerprint density at radius 1 is 1.26 bits per heavy atom. The molecule has 1 aromatic carbocycles. The zero-order chi connectivity index (χ0) is 17.0. The molecule has 0 bridgehead atoms. The summed E-state index contributed by atoms with van der Waals surface area (Å²) in [6, 6.07) is 5.04. The third kappa shape index (κ3) is 6.07. The SMILES string of the molecule is CC1CN(CC(=O)Nc2ccc(OC(F)(F)F)cc2)CC(C)O1. The Balaban J connectivity index is 1.85. The van der Waals surface area contributed by atoms with Gasteiger partial charge < -0.3 is 14.8 Å². The van der Waals surface area contributed by atoms with Crippen molar-refractivity contribution in [3.63, 3.8) is 0 Å². The number of carbonyl (C=O) groups excluding carboxylic acids is 1. The first kappa shape index (κ1) is 17.6. The molecule has 1 saturated heterocycles. The van der Waals surface area contributed by atoms with E-state index in [-0.39, 0.29) is 30.4 Å². The zero-order valence-electron chi connectivity index (χ0n) is 12.9. The Bertz CT molecular complexity index is 524. The summed E-state index contributed by atoms with van der Waals surface area (Å²) in [4.78, 5) is 14.0. The normalized spacial score (nSPS) is 22.7. The fourth-order valence-electron chi connectivity index (χ4n) is 2.56. The molecule has 0 spiro atoms. The predicted molar refractivity (Wildman–Crippen MR) is 78.2 cm³/mol. The van der Waals surface area contributed by atoms with Crippen molar-refractivity contribution in [2.24, 2.45) is 0 Å². The van der Waals surface area contributed by atoms with E-state index in [4.69, 9.17) is 4.74 Å². The Morgan fingerprint density at radius 3 is 2.35 bits per heavy atom. The minimum absolute atomic E-state index is 0.0605. The van der Waals surface area contributed by atoms with Gasteiger partial charge in [0.05, 0.1) is 18.8 Å². The summed E-state index contributed by atoms with van der Waals surface area (Å²) >= 11 is 0. The number of carbonyl (C=O) groups is 1. The Kier molecular flexibility index (Phi) is 5.48. The fraction of sp³-hybridized carbons (Fsp3) is 0.533. The van der Waals surface area contributed by atoms with Gasteiger partial charge in [0.2, 0.25) is 5.91 Å². The molecule has 2 rings (SSSR count). The minimum atomic E-state index is -4.73. The molecule has 2 atom stereocenters.